The highest BCUT2D eigenvalue weighted by molar-refractivity contribution is 6.21. The van der Waals surface area contributed by atoms with Crippen molar-refractivity contribution < 1.29 is 28.9 Å². The number of carbonyl (C=O) groups excluding carboxylic acids is 4. The minimum absolute atomic E-state index is 0.134. The largest absolute Gasteiger partial charge is 0.434 e. The summed E-state index contributed by atoms with van der Waals surface area (Å²) in [6.45, 7) is 0.746. The van der Waals surface area contributed by atoms with Crippen LogP contribution in [0.5, 0.6) is 0 Å². The van der Waals surface area contributed by atoms with E-state index >= 15 is 0 Å². The molecule has 12 nitrogen and oxygen atoms in total. The summed E-state index contributed by atoms with van der Waals surface area (Å²) in [7, 11) is 0. The third-order valence-electron chi connectivity index (χ3n) is 5.80. The van der Waals surface area contributed by atoms with Crippen molar-refractivity contribution >= 4 is 29.6 Å². The number of rotatable bonds is 7. The van der Waals surface area contributed by atoms with Gasteiger partial charge in [-0.15, -0.1) is 5.06 Å². The van der Waals surface area contributed by atoms with Crippen LogP contribution in [0.1, 0.15) is 48.4 Å². The second-order valence-corrected chi connectivity index (χ2v) is 8.35. The molecule has 0 aliphatic carbocycles. The van der Waals surface area contributed by atoms with E-state index in [1.54, 1.807) is 24.3 Å². The van der Waals surface area contributed by atoms with Crippen molar-refractivity contribution in [3.05, 3.63) is 93.3 Å². The Hall–Kier alpha value is -4.71. The van der Waals surface area contributed by atoms with Gasteiger partial charge >= 0.3 is 5.95 Å². The Labute approximate surface area is 197 Å². The molecular weight excluding hydrogens is 458 g/mol. The molecule has 3 aromatic rings. The van der Waals surface area contributed by atoms with Gasteiger partial charge in [-0.05, 0) is 36.1 Å². The maximum atomic E-state index is 13.0. The van der Waals surface area contributed by atoms with Crippen molar-refractivity contribution in [1.29, 1.82) is 0 Å². The van der Waals surface area contributed by atoms with Crippen LogP contribution in [0.3, 0.4) is 0 Å². The number of hydrogen-bond acceptors (Lipinski definition) is 8. The lowest BCUT2D eigenvalue weighted by Gasteiger charge is -2.34. The topological polar surface area (TPSA) is 145 Å². The first kappa shape index (κ1) is 22.1. The summed E-state index contributed by atoms with van der Waals surface area (Å²) in [5, 5.41) is 12.0. The van der Waals surface area contributed by atoms with E-state index in [4.69, 9.17) is 4.84 Å². The van der Waals surface area contributed by atoms with E-state index in [0.717, 1.165) is 9.47 Å². The third kappa shape index (κ3) is 3.56. The Balaban J connectivity index is 1.50. The van der Waals surface area contributed by atoms with Gasteiger partial charge in [0.05, 0.1) is 28.8 Å². The number of amides is 4. The number of hydroxylamine groups is 2. The molecule has 5 rings (SSSR count). The summed E-state index contributed by atoms with van der Waals surface area (Å²) >= 11 is 0. The van der Waals surface area contributed by atoms with Gasteiger partial charge in [0, 0.05) is 0 Å². The van der Waals surface area contributed by atoms with E-state index in [9.17, 15) is 29.3 Å². The van der Waals surface area contributed by atoms with Gasteiger partial charge in [-0.3, -0.25) is 28.9 Å². The van der Waals surface area contributed by atoms with E-state index < -0.39 is 46.6 Å². The quantitative estimate of drug-likeness (QED) is 0.287. The van der Waals surface area contributed by atoms with Crippen molar-refractivity contribution in [2.45, 2.75) is 19.1 Å². The van der Waals surface area contributed by atoms with Crippen LogP contribution >= 0.6 is 0 Å². The monoisotopic (exact) mass is 475 g/mol. The van der Waals surface area contributed by atoms with Gasteiger partial charge < -0.3 is 10.1 Å². The second kappa shape index (κ2) is 7.95. The van der Waals surface area contributed by atoms with Crippen LogP contribution in [0.15, 0.2) is 60.9 Å². The molecule has 3 heterocycles. The van der Waals surface area contributed by atoms with Gasteiger partial charge in [-0.1, -0.05) is 29.2 Å². The molecular formula is C23H17N5O7. The molecule has 0 fully saturated rings. The first-order valence-corrected chi connectivity index (χ1v) is 10.5. The predicted octanol–water partition coefficient (Wildman–Crippen LogP) is 2.07. The van der Waals surface area contributed by atoms with Gasteiger partial charge in [0.15, 0.2) is 0 Å². The number of carbonyl (C=O) groups is 4. The Morgan fingerprint density at radius 1 is 0.857 bits per heavy atom. The Kier molecular flexibility index (Phi) is 5.02. The molecule has 35 heavy (non-hydrogen) atoms. The van der Waals surface area contributed by atoms with Crippen LogP contribution in [-0.2, 0) is 11.4 Å². The van der Waals surface area contributed by atoms with Crippen LogP contribution in [-0.4, -0.2) is 60.2 Å². The Morgan fingerprint density at radius 3 is 1.83 bits per heavy atom. The van der Waals surface area contributed by atoms with Crippen molar-refractivity contribution in [1.82, 2.24) is 19.5 Å². The highest BCUT2D eigenvalue weighted by atomic mass is 16.7. The predicted molar refractivity (Wildman–Crippen MR) is 117 cm³/mol. The zero-order valence-corrected chi connectivity index (χ0v) is 18.3. The smallest absolute Gasteiger partial charge is 0.390 e. The molecule has 0 saturated heterocycles. The zero-order valence-electron chi connectivity index (χ0n) is 18.3. The van der Waals surface area contributed by atoms with E-state index in [1.807, 2.05) is 0 Å². The average Bonchev–Trinajstić information content (AvgIpc) is 3.47. The number of imide groups is 2. The number of fused-ring (bicyclic) bond motifs is 2. The van der Waals surface area contributed by atoms with Crippen LogP contribution in [0.2, 0.25) is 0 Å². The first-order valence-electron chi connectivity index (χ1n) is 10.5. The van der Waals surface area contributed by atoms with E-state index in [0.29, 0.717) is 5.06 Å². The summed E-state index contributed by atoms with van der Waals surface area (Å²) in [4.78, 5) is 73.0. The van der Waals surface area contributed by atoms with Crippen molar-refractivity contribution in [3.63, 3.8) is 0 Å². The molecule has 0 radical (unpaired) electrons. The first-order chi connectivity index (χ1) is 16.7. The lowest BCUT2D eigenvalue weighted by Crippen LogP contribution is -2.52. The molecule has 0 saturated carbocycles. The highest BCUT2D eigenvalue weighted by Gasteiger charge is 2.46. The van der Waals surface area contributed by atoms with Gasteiger partial charge in [0.25, 0.3) is 23.6 Å². The second-order valence-electron chi connectivity index (χ2n) is 8.35. The molecule has 0 spiro atoms. The standard InChI is InChI=1S/C23H17N5O7/c1-23(12-25-11-10-24-22(25)28(33)34,13-26-18(29)14-6-2-3-7-15(14)19(26)30)35-27-20(31)16-8-4-5-9-17(16)21(27)32/h2-11H,12-13H2,1H3. The minimum atomic E-state index is -1.63. The van der Waals surface area contributed by atoms with Gasteiger partial charge in [0.2, 0.25) is 0 Å². The zero-order chi connectivity index (χ0) is 24.9. The van der Waals surface area contributed by atoms with Crippen LogP contribution in [0.25, 0.3) is 0 Å². The Bertz CT molecular complexity index is 1280. The summed E-state index contributed by atoms with van der Waals surface area (Å²) < 4.78 is 1.15. The lowest BCUT2D eigenvalue weighted by atomic mass is 10.1. The molecule has 12 heteroatoms. The maximum absolute atomic E-state index is 13.0. The van der Waals surface area contributed by atoms with Gasteiger partial charge in [0.1, 0.15) is 24.5 Å². The van der Waals surface area contributed by atoms with Crippen molar-refractivity contribution in [2.24, 2.45) is 0 Å². The fourth-order valence-electron chi connectivity index (χ4n) is 4.25. The highest BCUT2D eigenvalue weighted by Crippen LogP contribution is 2.31. The third-order valence-corrected chi connectivity index (χ3v) is 5.80. The molecule has 2 aliphatic rings. The van der Waals surface area contributed by atoms with Gasteiger partial charge in [-0.25, -0.2) is 4.57 Å². The van der Waals surface area contributed by atoms with Crippen LogP contribution in [0.4, 0.5) is 5.95 Å². The van der Waals surface area contributed by atoms with E-state index in [2.05, 4.69) is 4.98 Å². The summed E-state index contributed by atoms with van der Waals surface area (Å²) in [6, 6.07) is 12.4. The molecule has 1 unspecified atom stereocenters. The molecule has 176 valence electrons. The van der Waals surface area contributed by atoms with E-state index in [1.165, 1.54) is 43.6 Å². The molecule has 1 aromatic heterocycles. The molecule has 1 atom stereocenters. The molecule has 2 aliphatic heterocycles. The van der Waals surface area contributed by atoms with Crippen LogP contribution in [0, 0.1) is 10.1 Å². The minimum Gasteiger partial charge on any atom is -0.390 e. The normalized spacial score (nSPS) is 16.5. The molecule has 4 amide bonds. The number of nitro groups is 1. The average molecular weight is 475 g/mol. The van der Waals surface area contributed by atoms with Crippen molar-refractivity contribution in [3.8, 4) is 0 Å². The number of hydrogen-bond donors (Lipinski definition) is 0. The fraction of sp³-hybridized carbons (Fsp3) is 0.174. The van der Waals surface area contributed by atoms with E-state index in [-0.39, 0.29) is 28.8 Å². The summed E-state index contributed by atoms with van der Waals surface area (Å²) in [6.07, 6.45) is 2.53. The number of aromatic nitrogens is 2. The number of nitrogens with zero attached hydrogens (tertiary/aromatic N) is 5. The van der Waals surface area contributed by atoms with Crippen molar-refractivity contribution in [2.75, 3.05) is 6.54 Å². The molecule has 2 aromatic carbocycles. The summed E-state index contributed by atoms with van der Waals surface area (Å²) in [5.74, 6) is -3.12. The number of benzene rings is 2. The lowest BCUT2D eigenvalue weighted by molar-refractivity contribution is -0.397. The van der Waals surface area contributed by atoms with Crippen LogP contribution < -0.4 is 0 Å². The molecule has 0 bridgehead atoms. The Morgan fingerprint density at radius 2 is 1.34 bits per heavy atom. The number of imidazole rings is 1. The summed E-state index contributed by atoms with van der Waals surface area (Å²) in [5.41, 5.74) is -0.960. The van der Waals surface area contributed by atoms with Gasteiger partial charge in [-0.2, -0.15) is 0 Å². The maximum Gasteiger partial charge on any atom is 0.434 e. The SMILES string of the molecule is CC(CN1C(=O)c2ccccc2C1=O)(Cn1ccnc1[N+](=O)[O-])ON1C(=O)c2ccccc2C1=O. The fourth-order valence-corrected chi connectivity index (χ4v) is 4.25. The molecule has 0 N–H and O–H groups in total.